The Bertz CT molecular complexity index is 603. The van der Waals surface area contributed by atoms with Crippen LogP contribution >= 0.6 is 23.4 Å². The van der Waals surface area contributed by atoms with E-state index in [0.29, 0.717) is 23.1 Å². The molecule has 2 atom stereocenters. The number of nitrogens with one attached hydrogen (secondary N) is 1. The molecule has 0 aliphatic heterocycles. The first-order chi connectivity index (χ1) is 13.0. The standard InChI is InChI=1S/C14H21ClF2N4OS.C3H8O2/c1-2-5-23-14-20-12(15)11(18)13(21-14)19-8-3-4-9(6-8)22-7-10(16)17;1-3(2,4)5/h8-10H,2-7,18H2,1H3,(H,19,20,21);4-5H,1-2H3. The molecule has 7 nitrogen and oxygen atoms in total. The fourth-order valence-corrected chi connectivity index (χ4v) is 3.33. The second-order valence-corrected chi connectivity index (χ2v) is 8.32. The Morgan fingerprint density at radius 1 is 1.36 bits per heavy atom. The van der Waals surface area contributed by atoms with Crippen molar-refractivity contribution in [3.63, 3.8) is 0 Å². The number of alkyl halides is 2. The molecule has 162 valence electrons. The number of anilines is 2. The molecule has 0 spiro atoms. The highest BCUT2D eigenvalue weighted by Crippen LogP contribution is 2.31. The Kier molecular flexibility index (Phi) is 10.7. The summed E-state index contributed by atoms with van der Waals surface area (Å²) in [5, 5.41) is 20.2. The molecule has 0 aromatic carbocycles. The summed E-state index contributed by atoms with van der Waals surface area (Å²) in [5.41, 5.74) is 6.24. The van der Waals surface area contributed by atoms with Crippen molar-refractivity contribution in [3.05, 3.63) is 5.15 Å². The average Bonchev–Trinajstić information content (AvgIpc) is 3.01. The van der Waals surface area contributed by atoms with Crippen molar-refractivity contribution in [2.24, 2.45) is 0 Å². The number of rotatable bonds is 8. The maximum atomic E-state index is 12.2. The van der Waals surface area contributed by atoms with Crippen LogP contribution in [-0.2, 0) is 4.74 Å². The van der Waals surface area contributed by atoms with Crippen molar-refractivity contribution in [1.82, 2.24) is 9.97 Å². The fraction of sp³-hybridized carbons (Fsp3) is 0.765. The summed E-state index contributed by atoms with van der Waals surface area (Å²) in [5.74, 6) is -0.102. The number of ether oxygens (including phenoxy) is 1. The maximum absolute atomic E-state index is 12.2. The number of nitrogens with two attached hydrogens (primary N) is 1. The Balaban J connectivity index is 0.000000696. The molecule has 1 fully saturated rings. The van der Waals surface area contributed by atoms with Gasteiger partial charge in [0.05, 0.1) is 6.10 Å². The lowest BCUT2D eigenvalue weighted by Crippen LogP contribution is -2.21. The van der Waals surface area contributed by atoms with Gasteiger partial charge in [0.25, 0.3) is 6.43 Å². The normalized spacial score (nSPS) is 19.5. The molecular weight excluding hydrogens is 414 g/mol. The first kappa shape index (κ1) is 25.1. The van der Waals surface area contributed by atoms with Gasteiger partial charge in [-0.05, 0) is 39.5 Å². The molecule has 11 heteroatoms. The van der Waals surface area contributed by atoms with Crippen LogP contribution < -0.4 is 11.1 Å². The molecule has 2 unspecified atom stereocenters. The summed E-state index contributed by atoms with van der Waals surface area (Å²) in [7, 11) is 0. The minimum atomic E-state index is -2.43. The highest BCUT2D eigenvalue weighted by Gasteiger charge is 2.27. The number of nitrogen functional groups attached to an aromatic ring is 1. The third kappa shape index (κ3) is 10.6. The average molecular weight is 443 g/mol. The monoisotopic (exact) mass is 442 g/mol. The summed E-state index contributed by atoms with van der Waals surface area (Å²) in [6.45, 7) is 4.15. The maximum Gasteiger partial charge on any atom is 0.261 e. The number of hydrogen-bond acceptors (Lipinski definition) is 8. The fourth-order valence-electron chi connectivity index (χ4n) is 2.42. The van der Waals surface area contributed by atoms with E-state index < -0.39 is 18.8 Å². The minimum absolute atomic E-state index is 0.0787. The van der Waals surface area contributed by atoms with Gasteiger partial charge in [-0.25, -0.2) is 18.7 Å². The molecule has 1 saturated carbocycles. The quantitative estimate of drug-likeness (QED) is 0.209. The highest BCUT2D eigenvalue weighted by atomic mass is 35.5. The molecule has 1 aromatic heterocycles. The Labute approximate surface area is 173 Å². The molecule has 0 saturated heterocycles. The van der Waals surface area contributed by atoms with Crippen LogP contribution in [0.5, 0.6) is 0 Å². The van der Waals surface area contributed by atoms with E-state index in [0.717, 1.165) is 25.0 Å². The van der Waals surface area contributed by atoms with E-state index in [-0.39, 0.29) is 17.3 Å². The second kappa shape index (κ2) is 11.9. The predicted octanol–water partition coefficient (Wildman–Crippen LogP) is 3.54. The van der Waals surface area contributed by atoms with Crippen molar-refractivity contribution in [2.45, 2.75) is 76.0 Å². The van der Waals surface area contributed by atoms with Gasteiger partial charge in [-0.2, -0.15) is 0 Å². The molecule has 5 N–H and O–H groups in total. The minimum Gasteiger partial charge on any atom is -0.393 e. The Hall–Kier alpha value is -0.940. The van der Waals surface area contributed by atoms with Crippen LogP contribution in [0.25, 0.3) is 0 Å². The molecule has 1 aliphatic carbocycles. The third-order valence-corrected chi connectivity index (χ3v) is 4.84. The van der Waals surface area contributed by atoms with Gasteiger partial charge in [0.2, 0.25) is 0 Å². The van der Waals surface area contributed by atoms with Crippen LogP contribution in [0, 0.1) is 0 Å². The molecule has 28 heavy (non-hydrogen) atoms. The van der Waals surface area contributed by atoms with Crippen molar-refractivity contribution in [1.29, 1.82) is 0 Å². The first-order valence-corrected chi connectivity index (χ1v) is 10.4. The van der Waals surface area contributed by atoms with Gasteiger partial charge in [-0.3, -0.25) is 0 Å². The number of aliphatic hydroxyl groups is 2. The molecule has 0 radical (unpaired) electrons. The summed E-state index contributed by atoms with van der Waals surface area (Å²) < 4.78 is 29.5. The zero-order valence-electron chi connectivity index (χ0n) is 16.3. The van der Waals surface area contributed by atoms with E-state index in [9.17, 15) is 8.78 Å². The molecule has 0 bridgehead atoms. The summed E-state index contributed by atoms with van der Waals surface area (Å²) in [6.07, 6.45) is 0.605. The van der Waals surface area contributed by atoms with Gasteiger partial charge in [0.15, 0.2) is 21.9 Å². The van der Waals surface area contributed by atoms with Crippen molar-refractivity contribution in [3.8, 4) is 0 Å². The van der Waals surface area contributed by atoms with E-state index in [4.69, 9.17) is 32.3 Å². The van der Waals surface area contributed by atoms with Gasteiger partial charge in [0.1, 0.15) is 12.3 Å². The van der Waals surface area contributed by atoms with Crippen LogP contribution in [0.2, 0.25) is 5.15 Å². The van der Waals surface area contributed by atoms with Crippen LogP contribution in [0.15, 0.2) is 5.16 Å². The topological polar surface area (TPSA) is 114 Å². The largest absolute Gasteiger partial charge is 0.393 e. The van der Waals surface area contributed by atoms with Crippen LogP contribution in [0.1, 0.15) is 46.5 Å². The van der Waals surface area contributed by atoms with Crippen LogP contribution in [-0.4, -0.2) is 56.9 Å². The smallest absolute Gasteiger partial charge is 0.261 e. The van der Waals surface area contributed by atoms with Gasteiger partial charge in [0, 0.05) is 11.8 Å². The van der Waals surface area contributed by atoms with Crippen LogP contribution in [0.4, 0.5) is 20.3 Å². The van der Waals surface area contributed by atoms with Gasteiger partial charge in [-0.15, -0.1) is 0 Å². The summed E-state index contributed by atoms with van der Waals surface area (Å²) in [6, 6.07) is 0.0787. The van der Waals surface area contributed by atoms with E-state index in [1.54, 1.807) is 0 Å². The van der Waals surface area contributed by atoms with Gasteiger partial charge < -0.3 is 26.0 Å². The van der Waals surface area contributed by atoms with Crippen LogP contribution in [0.3, 0.4) is 0 Å². The lowest BCUT2D eigenvalue weighted by Gasteiger charge is -2.16. The molecule has 2 rings (SSSR count). The second-order valence-electron chi connectivity index (χ2n) is 6.90. The van der Waals surface area contributed by atoms with Crippen molar-refractivity contribution >= 4 is 34.9 Å². The molecule has 1 heterocycles. The number of nitrogens with zero attached hydrogens (tertiary/aromatic N) is 2. The molecular formula is C17H29ClF2N4O3S. The summed E-state index contributed by atoms with van der Waals surface area (Å²) in [4.78, 5) is 8.56. The van der Waals surface area contributed by atoms with E-state index in [1.165, 1.54) is 25.6 Å². The van der Waals surface area contributed by atoms with Crippen molar-refractivity contribution in [2.75, 3.05) is 23.4 Å². The number of hydrogen-bond donors (Lipinski definition) is 4. The number of aromatic nitrogens is 2. The summed E-state index contributed by atoms with van der Waals surface area (Å²) >= 11 is 7.58. The lowest BCUT2D eigenvalue weighted by atomic mass is 10.2. The zero-order chi connectivity index (χ0) is 21.3. The van der Waals surface area contributed by atoms with Gasteiger partial charge in [-0.1, -0.05) is 30.3 Å². The molecule has 1 aliphatic rings. The van der Waals surface area contributed by atoms with E-state index in [1.807, 2.05) is 0 Å². The number of halogens is 3. The zero-order valence-corrected chi connectivity index (χ0v) is 17.9. The van der Waals surface area contributed by atoms with E-state index >= 15 is 0 Å². The lowest BCUT2D eigenvalue weighted by molar-refractivity contribution is -0.127. The highest BCUT2D eigenvalue weighted by molar-refractivity contribution is 7.99. The SMILES string of the molecule is CC(C)(O)O.CCCSc1nc(Cl)c(N)c(NC2CCC(OCC(F)F)C2)n1. The Morgan fingerprint density at radius 3 is 2.57 bits per heavy atom. The Morgan fingerprint density at radius 2 is 2.00 bits per heavy atom. The van der Waals surface area contributed by atoms with Gasteiger partial charge >= 0.3 is 0 Å². The predicted molar refractivity (Wildman–Crippen MR) is 108 cm³/mol. The van der Waals surface area contributed by atoms with E-state index in [2.05, 4.69) is 22.2 Å². The number of thioether (sulfide) groups is 1. The van der Waals surface area contributed by atoms with Crippen molar-refractivity contribution < 1.29 is 23.7 Å². The molecule has 1 aromatic rings. The first-order valence-electron chi connectivity index (χ1n) is 9.06. The third-order valence-electron chi connectivity index (χ3n) is 3.50. The molecule has 0 amide bonds.